The van der Waals surface area contributed by atoms with Gasteiger partial charge in [0.15, 0.2) is 5.96 Å². The van der Waals surface area contributed by atoms with E-state index in [1.807, 2.05) is 0 Å². The lowest BCUT2D eigenvalue weighted by molar-refractivity contribution is -0.106. The molecule has 4 rings (SSSR count). The third-order valence-electron chi connectivity index (χ3n) is 7.00. The summed E-state index contributed by atoms with van der Waals surface area (Å²) in [5.74, 6) is 2.29. The second-order valence-electron chi connectivity index (χ2n) is 9.48. The number of aromatic nitrogens is 1. The summed E-state index contributed by atoms with van der Waals surface area (Å²) in [5.41, 5.74) is 1.40. The Balaban J connectivity index is 0.00000256. The third kappa shape index (κ3) is 5.30. The number of rotatable bonds is 6. The standard InChI is InChI=1S/C22H37N5OS.HI/c1-5-23-21(26-19-18-8-11-28-20(18)22(19,3)4)24-12-16-6-9-27(10-7-16)13-17-14-29-15(2)25-17;/h14,16,18-20H,5-13H2,1-4H3,(H2,23,24,26);1H. The molecule has 3 unspecified atom stereocenters. The SMILES string of the molecule is CCNC(=NCC1CCN(Cc2csc(C)n2)CC1)NC1C2CCOC2C1(C)C.I. The first-order chi connectivity index (χ1) is 14.0. The molecule has 2 saturated heterocycles. The topological polar surface area (TPSA) is 61.8 Å². The number of fused-ring (bicyclic) bond motifs is 1. The molecule has 1 aliphatic carbocycles. The van der Waals surface area contributed by atoms with Crippen LogP contribution in [-0.2, 0) is 11.3 Å². The van der Waals surface area contributed by atoms with Crippen LogP contribution in [0.3, 0.4) is 0 Å². The number of nitrogens with one attached hydrogen (secondary N) is 2. The average Bonchev–Trinajstić information content (AvgIpc) is 3.33. The van der Waals surface area contributed by atoms with Gasteiger partial charge in [-0.3, -0.25) is 9.89 Å². The van der Waals surface area contributed by atoms with E-state index in [0.29, 0.717) is 24.0 Å². The van der Waals surface area contributed by atoms with Crippen molar-refractivity contribution < 1.29 is 4.74 Å². The second-order valence-corrected chi connectivity index (χ2v) is 10.5. The van der Waals surface area contributed by atoms with Gasteiger partial charge in [-0.05, 0) is 52.1 Å². The van der Waals surface area contributed by atoms with E-state index in [1.165, 1.54) is 25.0 Å². The molecule has 170 valence electrons. The van der Waals surface area contributed by atoms with E-state index in [0.717, 1.165) is 50.3 Å². The molecule has 2 N–H and O–H groups in total. The number of ether oxygens (including phenoxy) is 1. The normalized spacial score (nSPS) is 29.1. The van der Waals surface area contributed by atoms with Crippen LogP contribution in [0.5, 0.6) is 0 Å². The summed E-state index contributed by atoms with van der Waals surface area (Å²) in [7, 11) is 0. The van der Waals surface area contributed by atoms with Crippen LogP contribution in [0, 0.1) is 24.2 Å². The number of nitrogens with zero attached hydrogens (tertiary/aromatic N) is 3. The molecule has 1 saturated carbocycles. The summed E-state index contributed by atoms with van der Waals surface area (Å²) < 4.78 is 5.94. The molecule has 8 heteroatoms. The first-order valence-electron chi connectivity index (χ1n) is 11.3. The summed E-state index contributed by atoms with van der Waals surface area (Å²) in [6, 6.07) is 0.455. The Morgan fingerprint density at radius 1 is 1.33 bits per heavy atom. The van der Waals surface area contributed by atoms with Crippen LogP contribution in [-0.4, -0.2) is 60.8 Å². The molecule has 30 heavy (non-hydrogen) atoms. The van der Waals surface area contributed by atoms with Gasteiger partial charge in [-0.2, -0.15) is 0 Å². The number of aryl methyl sites for hydroxylation is 1. The lowest BCUT2D eigenvalue weighted by atomic mass is 9.57. The molecule has 3 heterocycles. The predicted molar refractivity (Wildman–Crippen MR) is 135 cm³/mol. The highest BCUT2D eigenvalue weighted by atomic mass is 127. The van der Waals surface area contributed by atoms with Crippen molar-refractivity contribution in [2.75, 3.05) is 32.8 Å². The molecular weight excluding hydrogens is 509 g/mol. The highest BCUT2D eigenvalue weighted by Gasteiger charge is 2.59. The van der Waals surface area contributed by atoms with Crippen molar-refractivity contribution in [1.82, 2.24) is 20.5 Å². The van der Waals surface area contributed by atoms with Gasteiger partial charge in [0.25, 0.3) is 0 Å². The summed E-state index contributed by atoms with van der Waals surface area (Å²) >= 11 is 1.75. The highest BCUT2D eigenvalue weighted by molar-refractivity contribution is 14.0. The van der Waals surface area contributed by atoms with Crippen LogP contribution in [0.2, 0.25) is 0 Å². The van der Waals surface area contributed by atoms with Gasteiger partial charge in [0.1, 0.15) is 0 Å². The van der Waals surface area contributed by atoms with Crippen LogP contribution < -0.4 is 10.6 Å². The molecule has 0 bridgehead atoms. The number of likely N-dealkylation sites (tertiary alicyclic amines) is 1. The quantitative estimate of drug-likeness (QED) is 0.324. The Bertz CT molecular complexity index is 716. The number of hydrogen-bond donors (Lipinski definition) is 2. The monoisotopic (exact) mass is 547 g/mol. The van der Waals surface area contributed by atoms with Crippen LogP contribution in [0.15, 0.2) is 10.4 Å². The molecule has 0 amide bonds. The number of hydrogen-bond acceptors (Lipinski definition) is 5. The van der Waals surface area contributed by atoms with Crippen molar-refractivity contribution >= 4 is 41.3 Å². The van der Waals surface area contributed by atoms with Gasteiger partial charge in [-0.15, -0.1) is 35.3 Å². The van der Waals surface area contributed by atoms with E-state index in [1.54, 1.807) is 11.3 Å². The molecule has 1 aromatic heterocycles. The Morgan fingerprint density at radius 3 is 2.77 bits per heavy atom. The van der Waals surface area contributed by atoms with Gasteiger partial charge in [0.05, 0.1) is 16.8 Å². The van der Waals surface area contributed by atoms with E-state index in [-0.39, 0.29) is 29.4 Å². The van der Waals surface area contributed by atoms with Gasteiger partial charge in [-0.1, -0.05) is 13.8 Å². The molecule has 0 spiro atoms. The lowest BCUT2D eigenvalue weighted by Gasteiger charge is -2.55. The zero-order chi connectivity index (χ0) is 20.4. The van der Waals surface area contributed by atoms with Crippen molar-refractivity contribution in [3.05, 3.63) is 16.1 Å². The van der Waals surface area contributed by atoms with E-state index >= 15 is 0 Å². The van der Waals surface area contributed by atoms with Crippen molar-refractivity contribution in [2.45, 2.75) is 65.6 Å². The fourth-order valence-corrected chi connectivity index (χ4v) is 5.95. The fourth-order valence-electron chi connectivity index (χ4n) is 5.34. The van der Waals surface area contributed by atoms with Crippen LogP contribution in [0.25, 0.3) is 0 Å². The molecule has 6 nitrogen and oxygen atoms in total. The van der Waals surface area contributed by atoms with Crippen molar-refractivity contribution in [2.24, 2.45) is 22.2 Å². The van der Waals surface area contributed by atoms with E-state index in [9.17, 15) is 0 Å². The summed E-state index contributed by atoms with van der Waals surface area (Å²) in [6.07, 6.45) is 4.02. The largest absolute Gasteiger partial charge is 0.377 e. The minimum atomic E-state index is 0. The Kier molecular flexibility index (Phi) is 8.42. The smallest absolute Gasteiger partial charge is 0.191 e. The molecule has 0 aromatic carbocycles. The predicted octanol–water partition coefficient (Wildman–Crippen LogP) is 3.65. The summed E-state index contributed by atoms with van der Waals surface area (Å²) in [6.45, 7) is 14.9. The maximum absolute atomic E-state index is 5.94. The van der Waals surface area contributed by atoms with E-state index in [4.69, 9.17) is 9.73 Å². The van der Waals surface area contributed by atoms with Gasteiger partial charge >= 0.3 is 0 Å². The zero-order valence-corrected chi connectivity index (χ0v) is 22.0. The zero-order valence-electron chi connectivity index (χ0n) is 18.8. The van der Waals surface area contributed by atoms with Crippen LogP contribution >= 0.6 is 35.3 Å². The van der Waals surface area contributed by atoms with Crippen molar-refractivity contribution in [3.8, 4) is 0 Å². The van der Waals surface area contributed by atoms with Gasteiger partial charge in [0.2, 0.25) is 0 Å². The summed E-state index contributed by atoms with van der Waals surface area (Å²) in [4.78, 5) is 12.1. The van der Waals surface area contributed by atoms with E-state index < -0.39 is 0 Å². The van der Waals surface area contributed by atoms with Crippen LogP contribution in [0.1, 0.15) is 50.7 Å². The first-order valence-corrected chi connectivity index (χ1v) is 12.1. The number of aliphatic imine (C=N–C) groups is 1. The fraction of sp³-hybridized carbons (Fsp3) is 0.818. The van der Waals surface area contributed by atoms with Gasteiger partial charge in [0, 0.05) is 49.0 Å². The molecular formula is C22H38IN5OS. The number of piperidine rings is 1. The summed E-state index contributed by atoms with van der Waals surface area (Å²) in [5, 5.41) is 10.6. The van der Waals surface area contributed by atoms with Gasteiger partial charge < -0.3 is 15.4 Å². The minimum absolute atomic E-state index is 0. The lowest BCUT2D eigenvalue weighted by Crippen LogP contribution is -2.68. The molecule has 0 radical (unpaired) electrons. The number of thiazole rings is 1. The molecule has 3 aliphatic rings. The average molecular weight is 548 g/mol. The highest BCUT2D eigenvalue weighted by Crippen LogP contribution is 2.52. The maximum Gasteiger partial charge on any atom is 0.191 e. The minimum Gasteiger partial charge on any atom is -0.377 e. The number of halogens is 1. The Labute approximate surface area is 202 Å². The third-order valence-corrected chi connectivity index (χ3v) is 7.83. The maximum atomic E-state index is 5.94. The molecule has 3 fully saturated rings. The van der Waals surface area contributed by atoms with Crippen molar-refractivity contribution in [3.63, 3.8) is 0 Å². The van der Waals surface area contributed by atoms with Gasteiger partial charge in [-0.25, -0.2) is 4.98 Å². The van der Waals surface area contributed by atoms with E-state index in [2.05, 4.69) is 53.6 Å². The molecule has 1 aromatic rings. The number of guanidine groups is 1. The molecule has 3 atom stereocenters. The first kappa shape index (κ1) is 24.2. The molecule has 2 aliphatic heterocycles. The Hall–Kier alpha value is -0.450. The van der Waals surface area contributed by atoms with Crippen molar-refractivity contribution in [1.29, 1.82) is 0 Å². The second kappa shape index (κ2) is 10.4. The van der Waals surface area contributed by atoms with Crippen LogP contribution in [0.4, 0.5) is 0 Å². The Morgan fingerprint density at radius 2 is 2.10 bits per heavy atom.